The van der Waals surface area contributed by atoms with Crippen LogP contribution in [-0.2, 0) is 0 Å². The molecule has 0 unspecified atom stereocenters. The second kappa shape index (κ2) is 5.85. The largest absolute Gasteiger partial charge is 0.334 e. The molecule has 3 nitrogen and oxygen atoms in total. The van der Waals surface area contributed by atoms with Crippen molar-refractivity contribution < 1.29 is 4.79 Å². The summed E-state index contributed by atoms with van der Waals surface area (Å²) in [4.78, 5) is 14.6. The molecule has 98 valence electrons. The third kappa shape index (κ3) is 2.75. The first-order valence-electron chi connectivity index (χ1n) is 6.35. The topological polar surface area (TPSA) is 32.3 Å². The van der Waals surface area contributed by atoms with E-state index in [4.69, 9.17) is 0 Å². The number of amides is 1. The van der Waals surface area contributed by atoms with E-state index in [1.165, 1.54) is 0 Å². The Labute approximate surface area is 117 Å². The van der Waals surface area contributed by atoms with Crippen LogP contribution in [-0.4, -0.2) is 37.0 Å². The van der Waals surface area contributed by atoms with Gasteiger partial charge in [-0.15, -0.1) is 0 Å². The summed E-state index contributed by atoms with van der Waals surface area (Å²) in [6.45, 7) is 3.74. The highest BCUT2D eigenvalue weighted by molar-refractivity contribution is 9.10. The van der Waals surface area contributed by atoms with Gasteiger partial charge < -0.3 is 10.2 Å². The lowest BCUT2D eigenvalue weighted by atomic mass is 10.1. The molecule has 0 bridgehead atoms. The van der Waals surface area contributed by atoms with Crippen molar-refractivity contribution in [3.05, 3.63) is 33.8 Å². The summed E-state index contributed by atoms with van der Waals surface area (Å²) in [5, 5.41) is 3.17. The third-order valence-corrected chi connectivity index (χ3v) is 3.99. The SMILES string of the molecule is CNC[C@@H]1CCCN1C(=O)c1ccc(Br)cc1C. The quantitative estimate of drug-likeness (QED) is 0.930. The number of hydrogen-bond donors (Lipinski definition) is 1. The number of aryl methyl sites for hydroxylation is 1. The maximum absolute atomic E-state index is 12.5. The van der Waals surface area contributed by atoms with Crippen LogP contribution in [0, 0.1) is 6.92 Å². The number of hydrogen-bond acceptors (Lipinski definition) is 2. The number of likely N-dealkylation sites (N-methyl/N-ethyl adjacent to an activating group) is 1. The summed E-state index contributed by atoms with van der Waals surface area (Å²) in [5.41, 5.74) is 1.85. The van der Waals surface area contributed by atoms with Crippen molar-refractivity contribution in [3.63, 3.8) is 0 Å². The van der Waals surface area contributed by atoms with Gasteiger partial charge in [0, 0.05) is 29.2 Å². The molecule has 1 atom stereocenters. The molecule has 1 saturated heterocycles. The third-order valence-electron chi connectivity index (χ3n) is 3.50. The standard InChI is InChI=1S/C14H19BrN2O/c1-10-8-11(15)5-6-13(10)14(18)17-7-3-4-12(17)9-16-2/h5-6,8,12,16H,3-4,7,9H2,1-2H3/t12-/m0/s1. The van der Waals surface area contributed by atoms with Crippen LogP contribution in [0.5, 0.6) is 0 Å². The van der Waals surface area contributed by atoms with Crippen LogP contribution in [0.4, 0.5) is 0 Å². The molecular weight excluding hydrogens is 292 g/mol. The van der Waals surface area contributed by atoms with Gasteiger partial charge in [0.05, 0.1) is 0 Å². The average molecular weight is 311 g/mol. The molecule has 2 rings (SSSR count). The monoisotopic (exact) mass is 310 g/mol. The molecule has 0 aliphatic carbocycles. The van der Waals surface area contributed by atoms with Gasteiger partial charge in [-0.25, -0.2) is 0 Å². The summed E-state index contributed by atoms with van der Waals surface area (Å²) in [6.07, 6.45) is 2.20. The molecule has 1 amide bonds. The predicted octanol–water partition coefficient (Wildman–Crippen LogP) is 2.58. The van der Waals surface area contributed by atoms with Crippen LogP contribution in [0.3, 0.4) is 0 Å². The molecule has 18 heavy (non-hydrogen) atoms. The Morgan fingerprint density at radius 2 is 2.33 bits per heavy atom. The van der Waals surface area contributed by atoms with E-state index < -0.39 is 0 Å². The Morgan fingerprint density at radius 1 is 1.56 bits per heavy atom. The van der Waals surface area contributed by atoms with Crippen molar-refractivity contribution in [1.82, 2.24) is 10.2 Å². The number of benzene rings is 1. The summed E-state index contributed by atoms with van der Waals surface area (Å²) in [5.74, 6) is 0.165. The van der Waals surface area contributed by atoms with Gasteiger partial charge in [-0.05, 0) is 50.6 Å². The number of carbonyl (C=O) groups is 1. The van der Waals surface area contributed by atoms with E-state index in [0.29, 0.717) is 6.04 Å². The molecule has 1 N–H and O–H groups in total. The summed E-state index contributed by atoms with van der Waals surface area (Å²) in [6, 6.07) is 6.18. The van der Waals surface area contributed by atoms with E-state index in [-0.39, 0.29) is 5.91 Å². The first-order valence-corrected chi connectivity index (χ1v) is 7.14. The molecule has 1 aromatic carbocycles. The van der Waals surface area contributed by atoms with E-state index in [9.17, 15) is 4.79 Å². The number of carbonyl (C=O) groups excluding carboxylic acids is 1. The molecule has 1 aromatic rings. The van der Waals surface area contributed by atoms with Gasteiger partial charge in [-0.2, -0.15) is 0 Å². The minimum Gasteiger partial charge on any atom is -0.334 e. The molecular formula is C14H19BrN2O. The van der Waals surface area contributed by atoms with Gasteiger partial charge in [-0.3, -0.25) is 4.79 Å². The Bertz CT molecular complexity index is 447. The lowest BCUT2D eigenvalue weighted by molar-refractivity contribution is 0.0736. The second-order valence-electron chi connectivity index (χ2n) is 4.81. The van der Waals surface area contributed by atoms with Gasteiger partial charge in [-0.1, -0.05) is 15.9 Å². The molecule has 1 aliphatic heterocycles. The Morgan fingerprint density at radius 3 is 3.00 bits per heavy atom. The van der Waals surface area contributed by atoms with Crippen molar-refractivity contribution >= 4 is 21.8 Å². The minimum absolute atomic E-state index is 0.165. The second-order valence-corrected chi connectivity index (χ2v) is 5.73. The molecule has 1 aliphatic rings. The predicted molar refractivity (Wildman–Crippen MR) is 76.9 cm³/mol. The first-order chi connectivity index (χ1) is 8.63. The van der Waals surface area contributed by atoms with E-state index in [2.05, 4.69) is 21.2 Å². The number of halogens is 1. The van der Waals surface area contributed by atoms with Crippen molar-refractivity contribution in [2.75, 3.05) is 20.1 Å². The van der Waals surface area contributed by atoms with Crippen molar-refractivity contribution in [3.8, 4) is 0 Å². The molecule has 0 aromatic heterocycles. The zero-order valence-electron chi connectivity index (χ0n) is 10.9. The molecule has 0 radical (unpaired) electrons. The fourth-order valence-corrected chi connectivity index (χ4v) is 3.05. The van der Waals surface area contributed by atoms with Crippen molar-refractivity contribution in [2.24, 2.45) is 0 Å². The Balaban J connectivity index is 2.20. The van der Waals surface area contributed by atoms with Crippen LogP contribution in [0.15, 0.2) is 22.7 Å². The van der Waals surface area contributed by atoms with Crippen LogP contribution >= 0.6 is 15.9 Å². The highest BCUT2D eigenvalue weighted by Gasteiger charge is 2.29. The molecule has 0 spiro atoms. The first kappa shape index (κ1) is 13.6. The van der Waals surface area contributed by atoms with Gasteiger partial charge in [0.25, 0.3) is 5.91 Å². The fraction of sp³-hybridized carbons (Fsp3) is 0.500. The van der Waals surface area contributed by atoms with E-state index in [1.54, 1.807) is 0 Å². The number of rotatable bonds is 3. The Kier molecular flexibility index (Phi) is 4.40. The minimum atomic E-state index is 0.165. The molecule has 0 saturated carbocycles. The maximum atomic E-state index is 12.5. The van der Waals surface area contributed by atoms with E-state index >= 15 is 0 Å². The van der Waals surface area contributed by atoms with Crippen molar-refractivity contribution in [2.45, 2.75) is 25.8 Å². The van der Waals surface area contributed by atoms with Gasteiger partial charge >= 0.3 is 0 Å². The van der Waals surface area contributed by atoms with Crippen LogP contribution in [0.1, 0.15) is 28.8 Å². The smallest absolute Gasteiger partial charge is 0.254 e. The van der Waals surface area contributed by atoms with Crippen LogP contribution in [0.25, 0.3) is 0 Å². The number of nitrogens with zero attached hydrogens (tertiary/aromatic N) is 1. The Hall–Kier alpha value is -0.870. The van der Waals surface area contributed by atoms with Gasteiger partial charge in [0.2, 0.25) is 0 Å². The fourth-order valence-electron chi connectivity index (χ4n) is 2.57. The van der Waals surface area contributed by atoms with Crippen molar-refractivity contribution in [1.29, 1.82) is 0 Å². The maximum Gasteiger partial charge on any atom is 0.254 e. The zero-order chi connectivity index (χ0) is 13.1. The number of nitrogens with one attached hydrogen (secondary N) is 1. The number of likely N-dealkylation sites (tertiary alicyclic amines) is 1. The zero-order valence-corrected chi connectivity index (χ0v) is 12.5. The molecule has 1 fully saturated rings. The lowest BCUT2D eigenvalue weighted by Gasteiger charge is -2.25. The van der Waals surface area contributed by atoms with Gasteiger partial charge in [0.1, 0.15) is 0 Å². The normalized spacial score (nSPS) is 19.3. The summed E-state index contributed by atoms with van der Waals surface area (Å²) < 4.78 is 1.02. The lowest BCUT2D eigenvalue weighted by Crippen LogP contribution is -2.41. The van der Waals surface area contributed by atoms with E-state index in [0.717, 1.165) is 41.5 Å². The van der Waals surface area contributed by atoms with Crippen LogP contribution in [0.2, 0.25) is 0 Å². The molecule has 1 heterocycles. The molecule has 4 heteroatoms. The highest BCUT2D eigenvalue weighted by atomic mass is 79.9. The highest BCUT2D eigenvalue weighted by Crippen LogP contribution is 2.23. The summed E-state index contributed by atoms with van der Waals surface area (Å²) >= 11 is 3.43. The van der Waals surface area contributed by atoms with Gasteiger partial charge in [0.15, 0.2) is 0 Å². The summed E-state index contributed by atoms with van der Waals surface area (Å²) in [7, 11) is 1.94. The van der Waals surface area contributed by atoms with Crippen LogP contribution < -0.4 is 5.32 Å². The van der Waals surface area contributed by atoms with E-state index in [1.807, 2.05) is 37.1 Å². The average Bonchev–Trinajstić information content (AvgIpc) is 2.77.